The Bertz CT molecular complexity index is 285. The van der Waals surface area contributed by atoms with Gasteiger partial charge in [-0.15, -0.1) is 0 Å². The third-order valence-corrected chi connectivity index (χ3v) is 2.63. The maximum Gasteiger partial charge on any atom is 0.128 e. The lowest BCUT2D eigenvalue weighted by Crippen LogP contribution is -2.55. The highest BCUT2D eigenvalue weighted by molar-refractivity contribution is 6.30. The fourth-order valence-electron chi connectivity index (χ4n) is 1.45. The first-order valence-electron chi connectivity index (χ1n) is 4.37. The van der Waals surface area contributed by atoms with E-state index in [2.05, 4.69) is 5.32 Å². The Kier molecular flexibility index (Phi) is 2.51. The van der Waals surface area contributed by atoms with Gasteiger partial charge in [0.25, 0.3) is 0 Å². The lowest BCUT2D eigenvalue weighted by Gasteiger charge is -2.32. The zero-order chi connectivity index (χ0) is 9.26. The van der Waals surface area contributed by atoms with Crippen molar-refractivity contribution in [2.45, 2.75) is 18.6 Å². The highest BCUT2D eigenvalue weighted by atomic mass is 35.5. The molecule has 1 nitrogen and oxygen atoms in total. The van der Waals surface area contributed by atoms with E-state index in [1.54, 1.807) is 0 Å². The van der Waals surface area contributed by atoms with E-state index in [4.69, 9.17) is 11.6 Å². The van der Waals surface area contributed by atoms with Crippen molar-refractivity contribution >= 4 is 11.6 Å². The Morgan fingerprint density at radius 1 is 1.38 bits per heavy atom. The van der Waals surface area contributed by atoms with Gasteiger partial charge in [-0.3, -0.25) is 0 Å². The Morgan fingerprint density at radius 2 is 2.08 bits per heavy atom. The molecule has 1 heterocycles. The number of nitrogens with one attached hydrogen (secondary N) is 1. The second kappa shape index (κ2) is 3.64. The van der Waals surface area contributed by atoms with Crippen LogP contribution in [0.3, 0.4) is 0 Å². The molecule has 2 rings (SSSR count). The van der Waals surface area contributed by atoms with Crippen molar-refractivity contribution in [3.8, 4) is 0 Å². The quantitative estimate of drug-likeness (QED) is 0.770. The third kappa shape index (κ3) is 2.01. The minimum atomic E-state index is -0.685. The summed E-state index contributed by atoms with van der Waals surface area (Å²) >= 11 is 5.74. The van der Waals surface area contributed by atoms with Gasteiger partial charge in [0, 0.05) is 17.6 Å². The zero-order valence-corrected chi connectivity index (χ0v) is 7.89. The topological polar surface area (TPSA) is 12.0 Å². The summed E-state index contributed by atoms with van der Waals surface area (Å²) in [5.41, 5.74) is 1.13. The molecule has 13 heavy (non-hydrogen) atoms. The fraction of sp³-hybridized carbons (Fsp3) is 0.400. The van der Waals surface area contributed by atoms with Gasteiger partial charge in [0.2, 0.25) is 0 Å². The Morgan fingerprint density at radius 3 is 2.54 bits per heavy atom. The van der Waals surface area contributed by atoms with Crippen LogP contribution in [0.25, 0.3) is 0 Å². The first-order valence-corrected chi connectivity index (χ1v) is 4.75. The minimum Gasteiger partial charge on any atom is -0.308 e. The van der Waals surface area contributed by atoms with Crippen LogP contribution in [0.2, 0.25) is 5.02 Å². The number of hydrogen-bond donors (Lipinski definition) is 1. The molecule has 1 aliphatic heterocycles. The maximum absolute atomic E-state index is 12.9. The second-order valence-corrected chi connectivity index (χ2v) is 3.80. The molecule has 70 valence electrons. The van der Waals surface area contributed by atoms with Crippen LogP contribution < -0.4 is 5.32 Å². The number of halogens is 2. The van der Waals surface area contributed by atoms with Gasteiger partial charge >= 0.3 is 0 Å². The maximum atomic E-state index is 12.9. The summed E-state index contributed by atoms with van der Waals surface area (Å²) in [6.45, 7) is 0.498. The van der Waals surface area contributed by atoms with Crippen molar-refractivity contribution < 1.29 is 4.39 Å². The minimum absolute atomic E-state index is 0.00109. The summed E-state index contributed by atoms with van der Waals surface area (Å²) in [5.74, 6) is 0. The van der Waals surface area contributed by atoms with Gasteiger partial charge in [0.1, 0.15) is 6.17 Å². The molecular formula is C10H11ClFN. The molecule has 0 spiro atoms. The average Bonchev–Trinajstić information content (AvgIpc) is 2.15. The van der Waals surface area contributed by atoms with Gasteiger partial charge in [0.15, 0.2) is 0 Å². The van der Waals surface area contributed by atoms with Crippen LogP contribution in [-0.4, -0.2) is 18.8 Å². The van der Waals surface area contributed by atoms with Crippen molar-refractivity contribution in [1.29, 1.82) is 0 Å². The molecule has 1 N–H and O–H groups in total. The van der Waals surface area contributed by atoms with E-state index >= 15 is 0 Å². The molecule has 0 saturated carbocycles. The second-order valence-electron chi connectivity index (χ2n) is 3.36. The number of hydrogen-bond acceptors (Lipinski definition) is 1. The molecule has 1 aliphatic rings. The normalized spacial score (nSPS) is 26.9. The molecular weight excluding hydrogens is 189 g/mol. The highest BCUT2D eigenvalue weighted by Crippen LogP contribution is 2.16. The van der Waals surface area contributed by atoms with Crippen LogP contribution in [-0.2, 0) is 6.42 Å². The first-order chi connectivity index (χ1) is 6.25. The van der Waals surface area contributed by atoms with Gasteiger partial charge < -0.3 is 5.32 Å². The lowest BCUT2D eigenvalue weighted by atomic mass is 9.97. The van der Waals surface area contributed by atoms with E-state index in [9.17, 15) is 4.39 Å². The molecule has 3 heteroatoms. The van der Waals surface area contributed by atoms with Crippen LogP contribution in [0.15, 0.2) is 24.3 Å². The molecule has 0 aliphatic carbocycles. The molecule has 0 bridgehead atoms. The van der Waals surface area contributed by atoms with Crippen LogP contribution in [0.1, 0.15) is 5.56 Å². The fourth-order valence-corrected chi connectivity index (χ4v) is 1.57. The van der Waals surface area contributed by atoms with Crippen molar-refractivity contribution in [2.24, 2.45) is 0 Å². The van der Waals surface area contributed by atoms with Crippen molar-refractivity contribution in [3.05, 3.63) is 34.9 Å². The average molecular weight is 200 g/mol. The van der Waals surface area contributed by atoms with E-state index in [0.29, 0.717) is 6.54 Å². The van der Waals surface area contributed by atoms with Crippen LogP contribution in [0.5, 0.6) is 0 Å². The Labute approximate surface area is 81.9 Å². The van der Waals surface area contributed by atoms with E-state index in [1.807, 2.05) is 24.3 Å². The van der Waals surface area contributed by atoms with Crippen molar-refractivity contribution in [3.63, 3.8) is 0 Å². The molecule has 0 aromatic heterocycles. The summed E-state index contributed by atoms with van der Waals surface area (Å²) in [4.78, 5) is 0. The van der Waals surface area contributed by atoms with Gasteiger partial charge in [-0.1, -0.05) is 23.7 Å². The molecule has 0 amide bonds. The summed E-state index contributed by atoms with van der Waals surface area (Å²) in [7, 11) is 0. The van der Waals surface area contributed by atoms with Crippen LogP contribution in [0, 0.1) is 0 Å². The van der Waals surface area contributed by atoms with Crippen LogP contribution >= 0.6 is 11.6 Å². The summed E-state index contributed by atoms with van der Waals surface area (Å²) in [6, 6.07) is 7.55. The van der Waals surface area contributed by atoms with Gasteiger partial charge in [0.05, 0.1) is 0 Å². The largest absolute Gasteiger partial charge is 0.308 e. The van der Waals surface area contributed by atoms with E-state index in [0.717, 1.165) is 17.0 Å². The van der Waals surface area contributed by atoms with Crippen LogP contribution in [0.4, 0.5) is 4.39 Å². The summed E-state index contributed by atoms with van der Waals surface area (Å²) in [6.07, 6.45) is 0.0638. The number of benzene rings is 1. The standard InChI is InChI=1S/C10H11ClFN/c11-8-3-1-7(2-4-8)5-10-9(12)6-13-10/h1-4,9-10,13H,5-6H2/t9-,10+/m1/s1. The molecule has 1 fully saturated rings. The van der Waals surface area contributed by atoms with Gasteiger partial charge in [-0.2, -0.15) is 0 Å². The molecule has 0 unspecified atom stereocenters. The first kappa shape index (κ1) is 8.97. The zero-order valence-electron chi connectivity index (χ0n) is 7.13. The molecule has 2 atom stereocenters. The van der Waals surface area contributed by atoms with Gasteiger partial charge in [-0.05, 0) is 24.1 Å². The monoisotopic (exact) mass is 199 g/mol. The lowest BCUT2D eigenvalue weighted by molar-refractivity contribution is 0.158. The Hall–Kier alpha value is -0.600. The van der Waals surface area contributed by atoms with Gasteiger partial charge in [-0.25, -0.2) is 4.39 Å². The molecule has 0 radical (unpaired) electrons. The molecule has 1 aromatic rings. The Balaban J connectivity index is 1.98. The summed E-state index contributed by atoms with van der Waals surface area (Å²) in [5, 5.41) is 3.77. The van der Waals surface area contributed by atoms with Crippen molar-refractivity contribution in [2.75, 3.05) is 6.54 Å². The van der Waals surface area contributed by atoms with E-state index in [1.165, 1.54) is 0 Å². The highest BCUT2D eigenvalue weighted by Gasteiger charge is 2.29. The predicted molar refractivity (Wildman–Crippen MR) is 51.8 cm³/mol. The number of alkyl halides is 1. The summed E-state index contributed by atoms with van der Waals surface area (Å²) < 4.78 is 12.9. The predicted octanol–water partition coefficient (Wildman–Crippen LogP) is 2.19. The molecule has 1 saturated heterocycles. The number of rotatable bonds is 2. The van der Waals surface area contributed by atoms with Crippen molar-refractivity contribution in [1.82, 2.24) is 5.32 Å². The molecule has 1 aromatic carbocycles. The SMILES string of the molecule is F[C@@H]1CN[C@H]1Cc1ccc(Cl)cc1. The smallest absolute Gasteiger partial charge is 0.128 e. The third-order valence-electron chi connectivity index (χ3n) is 2.38. The van der Waals surface area contributed by atoms with E-state index < -0.39 is 6.17 Å². The van der Waals surface area contributed by atoms with E-state index in [-0.39, 0.29) is 6.04 Å².